The van der Waals surface area contributed by atoms with Gasteiger partial charge in [0.05, 0.1) is 6.21 Å². The van der Waals surface area contributed by atoms with Gasteiger partial charge >= 0.3 is 12.6 Å². The van der Waals surface area contributed by atoms with Crippen molar-refractivity contribution < 1.29 is 23.1 Å². The molecule has 1 aliphatic heterocycles. The topological polar surface area (TPSA) is 71.0 Å². The fraction of sp³-hybridized carbons (Fsp3) is 0.318. The van der Waals surface area contributed by atoms with Gasteiger partial charge in [0.25, 0.3) is 5.91 Å². The van der Waals surface area contributed by atoms with E-state index >= 15 is 0 Å². The number of carbonyl (C=O) groups is 2. The summed E-state index contributed by atoms with van der Waals surface area (Å²) in [6.45, 7) is 4.91. The van der Waals surface area contributed by atoms with E-state index in [0.717, 1.165) is 16.1 Å². The fourth-order valence-electron chi connectivity index (χ4n) is 3.09. The van der Waals surface area contributed by atoms with Gasteiger partial charge in [-0.05, 0) is 41.2 Å². The second kappa shape index (κ2) is 7.85. The summed E-state index contributed by atoms with van der Waals surface area (Å²) in [7, 11) is 0. The monoisotopic (exact) mass is 415 g/mol. The Hall–Kier alpha value is -3.29. The van der Waals surface area contributed by atoms with E-state index in [1.807, 2.05) is 24.3 Å². The van der Waals surface area contributed by atoms with Crippen LogP contribution in [0.4, 0.5) is 13.6 Å². The second-order valence-corrected chi connectivity index (χ2v) is 8.19. The molecule has 3 rings (SSSR count). The molecule has 2 aromatic rings. The van der Waals surface area contributed by atoms with Gasteiger partial charge in [0.15, 0.2) is 0 Å². The predicted molar refractivity (Wildman–Crippen MR) is 109 cm³/mol. The molecule has 1 atom stereocenters. The Labute approximate surface area is 173 Å². The maximum absolute atomic E-state index is 12.9. The molecule has 0 saturated carbocycles. The number of amides is 3. The highest BCUT2D eigenvalue weighted by atomic mass is 19.3. The van der Waals surface area contributed by atoms with E-state index in [1.54, 1.807) is 0 Å². The van der Waals surface area contributed by atoms with Gasteiger partial charge in [0.2, 0.25) is 0 Å². The lowest BCUT2D eigenvalue weighted by Gasteiger charge is -2.21. The van der Waals surface area contributed by atoms with Gasteiger partial charge in [-0.3, -0.25) is 4.79 Å². The average molecular weight is 415 g/mol. The average Bonchev–Trinajstić information content (AvgIpc) is 2.89. The molecule has 3 amide bonds. The molecule has 1 N–H and O–H groups in total. The normalized spacial score (nSPS) is 19.6. The number of hydrogen-bond acceptors (Lipinski definition) is 4. The van der Waals surface area contributed by atoms with Gasteiger partial charge < -0.3 is 10.1 Å². The number of rotatable bonds is 5. The van der Waals surface area contributed by atoms with Crippen molar-refractivity contribution in [1.29, 1.82) is 0 Å². The Morgan fingerprint density at radius 1 is 1.07 bits per heavy atom. The quantitative estimate of drug-likeness (QED) is 0.582. The van der Waals surface area contributed by atoms with Gasteiger partial charge in [0.1, 0.15) is 11.3 Å². The highest BCUT2D eigenvalue weighted by Gasteiger charge is 2.49. The summed E-state index contributed by atoms with van der Waals surface area (Å²) >= 11 is 0. The predicted octanol–water partition coefficient (Wildman–Crippen LogP) is 4.39. The molecule has 30 heavy (non-hydrogen) atoms. The molecule has 1 heterocycles. The molecule has 2 aromatic carbocycles. The first kappa shape index (κ1) is 21.4. The number of alkyl halides is 2. The number of nitrogens with one attached hydrogen (secondary N) is 1. The van der Waals surface area contributed by atoms with Gasteiger partial charge in [0, 0.05) is 0 Å². The summed E-state index contributed by atoms with van der Waals surface area (Å²) in [6, 6.07) is 12.5. The summed E-state index contributed by atoms with van der Waals surface area (Å²) in [5.41, 5.74) is 0.966. The Balaban J connectivity index is 1.77. The molecule has 0 bridgehead atoms. The van der Waals surface area contributed by atoms with E-state index in [2.05, 4.69) is 35.9 Å². The minimum absolute atomic E-state index is 0.0121. The first-order chi connectivity index (χ1) is 14.0. The summed E-state index contributed by atoms with van der Waals surface area (Å²) in [5.74, 6) is -0.611. The van der Waals surface area contributed by atoms with Crippen LogP contribution in [0.25, 0.3) is 0 Å². The number of ether oxygens (including phenoxy) is 1. The molecule has 158 valence electrons. The van der Waals surface area contributed by atoms with Crippen LogP contribution in [0.2, 0.25) is 0 Å². The van der Waals surface area contributed by atoms with E-state index in [-0.39, 0.29) is 11.2 Å². The van der Waals surface area contributed by atoms with Crippen LogP contribution in [0.15, 0.2) is 53.6 Å². The van der Waals surface area contributed by atoms with Gasteiger partial charge in [-0.1, -0.05) is 57.2 Å². The maximum atomic E-state index is 12.9. The zero-order valence-electron chi connectivity index (χ0n) is 17.1. The molecule has 0 aliphatic carbocycles. The minimum atomic E-state index is -2.94. The number of hydrogen-bond donors (Lipinski definition) is 1. The molecule has 1 unspecified atom stereocenters. The maximum Gasteiger partial charge on any atom is 0.387 e. The van der Waals surface area contributed by atoms with Crippen molar-refractivity contribution in [2.24, 2.45) is 5.10 Å². The molecule has 1 aliphatic rings. The van der Waals surface area contributed by atoms with Crippen molar-refractivity contribution in [3.05, 3.63) is 65.2 Å². The number of nitrogens with zero attached hydrogens (tertiary/aromatic N) is 2. The standard InChI is InChI=1S/C22H23F2N3O3/c1-21(2,3)15-7-5-14(6-8-15)13-25-27-18(28)22(4,26-20(27)29)16-9-11-17(12-10-16)30-19(23)24/h5-13,19H,1-4H3,(H,26,29). The van der Waals surface area contributed by atoms with E-state index in [4.69, 9.17) is 0 Å². The number of hydrazone groups is 1. The first-order valence-corrected chi connectivity index (χ1v) is 9.37. The largest absolute Gasteiger partial charge is 0.435 e. The molecule has 0 spiro atoms. The Kier molecular flexibility index (Phi) is 5.61. The van der Waals surface area contributed by atoms with Crippen LogP contribution < -0.4 is 10.1 Å². The van der Waals surface area contributed by atoms with Crippen LogP contribution >= 0.6 is 0 Å². The van der Waals surface area contributed by atoms with Gasteiger partial charge in [-0.15, -0.1) is 5.01 Å². The van der Waals surface area contributed by atoms with Crippen molar-refractivity contribution in [1.82, 2.24) is 10.3 Å². The van der Waals surface area contributed by atoms with Crippen LogP contribution in [0.1, 0.15) is 44.4 Å². The zero-order chi connectivity index (χ0) is 22.1. The highest BCUT2D eigenvalue weighted by Crippen LogP contribution is 2.30. The molecule has 8 heteroatoms. The molecule has 0 radical (unpaired) electrons. The third-order valence-corrected chi connectivity index (χ3v) is 4.93. The van der Waals surface area contributed by atoms with E-state index in [9.17, 15) is 18.4 Å². The number of carbonyl (C=O) groups excluding carboxylic acids is 2. The lowest BCUT2D eigenvalue weighted by molar-refractivity contribution is -0.131. The van der Waals surface area contributed by atoms with E-state index in [0.29, 0.717) is 5.56 Å². The lowest BCUT2D eigenvalue weighted by Crippen LogP contribution is -2.40. The summed E-state index contributed by atoms with van der Waals surface area (Å²) in [5, 5.41) is 7.42. The third-order valence-electron chi connectivity index (χ3n) is 4.93. The van der Waals surface area contributed by atoms with Crippen molar-refractivity contribution in [3.63, 3.8) is 0 Å². The highest BCUT2D eigenvalue weighted by molar-refractivity contribution is 6.07. The van der Waals surface area contributed by atoms with Gasteiger partial charge in [-0.25, -0.2) is 4.79 Å². The number of imide groups is 1. The van der Waals surface area contributed by atoms with Crippen LogP contribution in [-0.2, 0) is 15.7 Å². The van der Waals surface area contributed by atoms with E-state index in [1.165, 1.54) is 37.4 Å². The molecule has 6 nitrogen and oxygen atoms in total. The van der Waals surface area contributed by atoms with E-state index < -0.39 is 24.1 Å². The van der Waals surface area contributed by atoms with Crippen LogP contribution in [-0.4, -0.2) is 29.8 Å². The van der Waals surface area contributed by atoms with Crippen molar-refractivity contribution in [2.45, 2.75) is 45.3 Å². The Bertz CT molecular complexity index is 967. The summed E-state index contributed by atoms with van der Waals surface area (Å²) in [4.78, 5) is 25.2. The molecular weight excluding hydrogens is 392 g/mol. The smallest absolute Gasteiger partial charge is 0.387 e. The Morgan fingerprint density at radius 3 is 2.20 bits per heavy atom. The number of urea groups is 1. The zero-order valence-corrected chi connectivity index (χ0v) is 17.1. The summed E-state index contributed by atoms with van der Waals surface area (Å²) < 4.78 is 28.9. The first-order valence-electron chi connectivity index (χ1n) is 9.37. The van der Waals surface area contributed by atoms with Crippen molar-refractivity contribution >= 4 is 18.2 Å². The SMILES string of the molecule is CC(C)(C)c1ccc(C=NN2C(=O)NC(C)(c3ccc(OC(F)F)cc3)C2=O)cc1. The molecular formula is C22H23F2N3O3. The fourth-order valence-corrected chi connectivity index (χ4v) is 3.09. The Morgan fingerprint density at radius 2 is 1.67 bits per heavy atom. The van der Waals surface area contributed by atoms with Gasteiger partial charge in [-0.2, -0.15) is 13.9 Å². The number of halogens is 2. The van der Waals surface area contributed by atoms with Crippen LogP contribution in [0, 0.1) is 0 Å². The molecule has 1 fully saturated rings. The number of benzene rings is 2. The lowest BCUT2D eigenvalue weighted by atomic mass is 9.87. The third kappa shape index (κ3) is 4.32. The minimum Gasteiger partial charge on any atom is -0.435 e. The molecule has 1 saturated heterocycles. The summed E-state index contributed by atoms with van der Waals surface area (Å²) in [6.07, 6.45) is 1.44. The van der Waals surface area contributed by atoms with Crippen LogP contribution in [0.3, 0.4) is 0 Å². The van der Waals surface area contributed by atoms with Crippen LogP contribution in [0.5, 0.6) is 5.75 Å². The van der Waals surface area contributed by atoms with Crippen molar-refractivity contribution in [3.8, 4) is 5.75 Å². The molecule has 0 aromatic heterocycles. The second-order valence-electron chi connectivity index (χ2n) is 8.19. The van der Waals surface area contributed by atoms with Crippen molar-refractivity contribution in [2.75, 3.05) is 0 Å².